The number of amides is 6. The van der Waals surface area contributed by atoms with Gasteiger partial charge in [0.15, 0.2) is 5.82 Å². The number of hydrogen-bond donors (Lipinski definition) is 4. The van der Waals surface area contributed by atoms with Gasteiger partial charge in [0.05, 0.1) is 53.4 Å². The van der Waals surface area contributed by atoms with E-state index in [0.717, 1.165) is 4.90 Å². The quantitative estimate of drug-likeness (QED) is 0.0923. The van der Waals surface area contributed by atoms with E-state index >= 15 is 0 Å². The number of nitriles is 1. The molecule has 0 radical (unpaired) electrons. The van der Waals surface area contributed by atoms with Gasteiger partial charge in [-0.2, -0.15) is 5.26 Å². The van der Waals surface area contributed by atoms with Gasteiger partial charge in [-0.1, -0.05) is 12.1 Å². The number of benzene rings is 3. The SMILES string of the molecule is COc1cccc(F)c1-c1nccc(C(=O)Nc2ccc(-c3cnccc3C#N)cc2N2CCN(CC(=O)NCCCNc3ccc4c(c3)C(=O)N(C3CCC(=O)NC3=O)C4=O)CC2)n1. The molecule has 65 heavy (non-hydrogen) atoms. The van der Waals surface area contributed by atoms with Crippen LogP contribution >= 0.6 is 0 Å². The molecule has 0 spiro atoms. The van der Waals surface area contributed by atoms with Crippen LogP contribution in [0.3, 0.4) is 0 Å². The van der Waals surface area contributed by atoms with Gasteiger partial charge in [0.2, 0.25) is 17.7 Å². The number of ether oxygens (including phenoxy) is 1. The van der Waals surface area contributed by atoms with E-state index < -0.39 is 41.4 Å². The average molecular weight is 880 g/mol. The minimum atomic E-state index is -1.04. The summed E-state index contributed by atoms with van der Waals surface area (Å²) in [5, 5.41) is 21.1. The average Bonchev–Trinajstić information content (AvgIpc) is 3.56. The number of carbonyl (C=O) groups excluding carboxylic acids is 6. The van der Waals surface area contributed by atoms with Crippen LogP contribution in [0.2, 0.25) is 0 Å². The van der Waals surface area contributed by atoms with Gasteiger partial charge in [0.1, 0.15) is 23.3 Å². The summed E-state index contributed by atoms with van der Waals surface area (Å²) < 4.78 is 20.2. The predicted octanol–water partition coefficient (Wildman–Crippen LogP) is 3.62. The first-order valence-corrected chi connectivity index (χ1v) is 20.8. The molecular formula is C46H42FN11O7. The molecule has 330 valence electrons. The highest BCUT2D eigenvalue weighted by atomic mass is 19.1. The Morgan fingerprint density at radius 2 is 1.75 bits per heavy atom. The Balaban J connectivity index is 0.862. The van der Waals surface area contributed by atoms with E-state index in [0.29, 0.717) is 79.4 Å². The fourth-order valence-corrected chi connectivity index (χ4v) is 8.01. The number of nitrogens with one attached hydrogen (secondary N) is 4. The summed E-state index contributed by atoms with van der Waals surface area (Å²) in [6.07, 6.45) is 5.21. The number of carbonyl (C=O) groups is 6. The topological polar surface area (TPSA) is 232 Å². The van der Waals surface area contributed by atoms with E-state index in [1.807, 2.05) is 11.0 Å². The molecule has 2 saturated heterocycles. The van der Waals surface area contributed by atoms with Gasteiger partial charge in [0.25, 0.3) is 17.7 Å². The number of piperazine rings is 1. The Labute approximate surface area is 371 Å². The number of pyridine rings is 1. The fraction of sp³-hybridized carbons (Fsp3) is 0.261. The van der Waals surface area contributed by atoms with Gasteiger partial charge in [-0.25, -0.2) is 14.4 Å². The summed E-state index contributed by atoms with van der Waals surface area (Å²) in [5.41, 5.74) is 3.91. The van der Waals surface area contributed by atoms with Gasteiger partial charge >= 0.3 is 0 Å². The number of rotatable bonds is 14. The number of hydrogen-bond acceptors (Lipinski definition) is 14. The highest BCUT2D eigenvalue weighted by Gasteiger charge is 2.44. The molecule has 5 heterocycles. The fourth-order valence-electron chi connectivity index (χ4n) is 8.01. The second-order valence-electron chi connectivity index (χ2n) is 15.4. The van der Waals surface area contributed by atoms with E-state index in [1.165, 1.54) is 37.6 Å². The van der Waals surface area contributed by atoms with Crippen molar-refractivity contribution in [2.75, 3.05) is 68.5 Å². The molecule has 1 atom stereocenters. The highest BCUT2D eigenvalue weighted by Crippen LogP contribution is 2.35. The lowest BCUT2D eigenvalue weighted by Gasteiger charge is -2.36. The minimum Gasteiger partial charge on any atom is -0.496 e. The van der Waals surface area contributed by atoms with Crippen LogP contribution in [0.4, 0.5) is 21.5 Å². The summed E-state index contributed by atoms with van der Waals surface area (Å²) >= 11 is 0. The Morgan fingerprint density at radius 3 is 2.54 bits per heavy atom. The van der Waals surface area contributed by atoms with Crippen LogP contribution in [-0.2, 0) is 14.4 Å². The summed E-state index contributed by atoms with van der Waals surface area (Å²) in [7, 11) is 1.40. The monoisotopic (exact) mass is 879 g/mol. The van der Waals surface area contributed by atoms with Crippen molar-refractivity contribution in [1.82, 2.24) is 35.4 Å². The van der Waals surface area contributed by atoms with Crippen molar-refractivity contribution in [3.05, 3.63) is 114 Å². The molecular weight excluding hydrogens is 838 g/mol. The Hall–Kier alpha value is -8.11. The third-order valence-corrected chi connectivity index (χ3v) is 11.3. The van der Waals surface area contributed by atoms with E-state index in [4.69, 9.17) is 4.74 Å². The standard InChI is InChI=1S/C46H42FN11O7/c1-65-38-5-2-4-33(47)41(38)42-52-17-13-35(53-42)43(61)54-34-9-6-27(32-25-49-16-12-28(32)24-48)22-37(34)57-20-18-56(19-21-57)26-40(60)51-15-3-14-50-29-7-8-30-31(23-29)46(64)58(45(30)63)36-10-11-39(59)55-44(36)62/h2,4-9,12-13,16-17,22-23,25,36,50H,3,10-11,14-15,18-21,26H2,1H3,(H,51,60)(H,54,61)(H,55,59,62). The van der Waals surface area contributed by atoms with Gasteiger partial charge in [-0.3, -0.25) is 48.9 Å². The van der Waals surface area contributed by atoms with Crippen molar-refractivity contribution in [1.29, 1.82) is 5.26 Å². The molecule has 2 aromatic heterocycles. The zero-order valence-electron chi connectivity index (χ0n) is 35.1. The Morgan fingerprint density at radius 1 is 0.938 bits per heavy atom. The predicted molar refractivity (Wildman–Crippen MR) is 234 cm³/mol. The summed E-state index contributed by atoms with van der Waals surface area (Å²) in [5.74, 6) is -3.38. The summed E-state index contributed by atoms with van der Waals surface area (Å²) in [6.45, 7) is 3.08. The molecule has 3 aliphatic rings. The Kier molecular flexibility index (Phi) is 12.8. The third kappa shape index (κ3) is 9.33. The van der Waals surface area contributed by atoms with Crippen LogP contribution in [0, 0.1) is 17.1 Å². The maximum atomic E-state index is 14.9. The van der Waals surface area contributed by atoms with Gasteiger partial charge < -0.3 is 25.6 Å². The molecule has 0 saturated carbocycles. The number of anilines is 3. The van der Waals surface area contributed by atoms with Crippen molar-refractivity contribution < 1.29 is 37.9 Å². The van der Waals surface area contributed by atoms with E-state index in [1.54, 1.807) is 48.8 Å². The number of halogens is 1. The molecule has 0 aliphatic carbocycles. The van der Waals surface area contributed by atoms with Crippen molar-refractivity contribution in [3.8, 4) is 34.3 Å². The maximum absolute atomic E-state index is 14.9. The van der Waals surface area contributed by atoms with E-state index in [2.05, 4.69) is 47.2 Å². The largest absolute Gasteiger partial charge is 0.496 e. The number of piperidine rings is 1. The number of nitrogens with zero attached hydrogens (tertiary/aromatic N) is 7. The van der Waals surface area contributed by atoms with Crippen molar-refractivity contribution in [2.24, 2.45) is 0 Å². The van der Waals surface area contributed by atoms with Crippen molar-refractivity contribution >= 4 is 52.5 Å². The normalized spacial score (nSPS) is 16.1. The molecule has 5 aromatic rings. The first kappa shape index (κ1) is 43.5. The molecule has 1 unspecified atom stereocenters. The Bertz CT molecular complexity index is 2770. The maximum Gasteiger partial charge on any atom is 0.274 e. The van der Waals surface area contributed by atoms with Gasteiger partial charge in [-0.15, -0.1) is 0 Å². The molecule has 3 aromatic carbocycles. The number of imide groups is 2. The second-order valence-corrected chi connectivity index (χ2v) is 15.4. The molecule has 8 rings (SSSR count). The summed E-state index contributed by atoms with van der Waals surface area (Å²) in [4.78, 5) is 94.7. The molecule has 6 amide bonds. The number of aromatic nitrogens is 3. The minimum absolute atomic E-state index is 0.00142. The smallest absolute Gasteiger partial charge is 0.274 e. The van der Waals surface area contributed by atoms with Crippen LogP contribution in [0.25, 0.3) is 22.5 Å². The van der Waals surface area contributed by atoms with Crippen LogP contribution in [0.1, 0.15) is 56.0 Å². The molecule has 18 nitrogen and oxygen atoms in total. The van der Waals surface area contributed by atoms with Crippen LogP contribution in [0.15, 0.2) is 85.3 Å². The first-order chi connectivity index (χ1) is 31.5. The van der Waals surface area contributed by atoms with Crippen molar-refractivity contribution in [2.45, 2.75) is 25.3 Å². The van der Waals surface area contributed by atoms with Crippen LogP contribution in [0.5, 0.6) is 5.75 Å². The molecule has 19 heteroatoms. The summed E-state index contributed by atoms with van der Waals surface area (Å²) in [6, 6.07) is 18.8. The zero-order chi connectivity index (χ0) is 45.6. The van der Waals surface area contributed by atoms with E-state index in [9.17, 15) is 38.4 Å². The first-order valence-electron chi connectivity index (χ1n) is 20.8. The zero-order valence-corrected chi connectivity index (χ0v) is 35.1. The molecule has 0 bridgehead atoms. The van der Waals surface area contributed by atoms with Crippen LogP contribution < -0.4 is 30.9 Å². The lowest BCUT2D eigenvalue weighted by atomic mass is 10.0. The second kappa shape index (κ2) is 19.1. The van der Waals surface area contributed by atoms with Crippen LogP contribution in [-0.4, -0.2) is 119 Å². The number of fused-ring (bicyclic) bond motifs is 1. The molecule has 3 aliphatic heterocycles. The van der Waals surface area contributed by atoms with Gasteiger partial charge in [-0.05, 0) is 73.0 Å². The molecule has 2 fully saturated rings. The third-order valence-electron chi connectivity index (χ3n) is 11.3. The lowest BCUT2D eigenvalue weighted by molar-refractivity contribution is -0.136. The van der Waals surface area contributed by atoms with Gasteiger partial charge in [0, 0.05) is 75.5 Å². The highest BCUT2D eigenvalue weighted by molar-refractivity contribution is 6.23. The molecule has 4 N–H and O–H groups in total. The van der Waals surface area contributed by atoms with E-state index in [-0.39, 0.29) is 59.3 Å². The lowest BCUT2D eigenvalue weighted by Crippen LogP contribution is -2.54. The van der Waals surface area contributed by atoms with Crippen molar-refractivity contribution in [3.63, 3.8) is 0 Å². The number of methoxy groups -OCH3 is 1.